The van der Waals surface area contributed by atoms with E-state index in [-0.39, 0.29) is 52.1 Å². The lowest BCUT2D eigenvalue weighted by atomic mass is 10.1. The molecule has 4 rings (SSSR count). The molecule has 0 aliphatic carbocycles. The Morgan fingerprint density at radius 3 is 0.927 bits per heavy atom. The molecule has 292 valence electrons. The number of hydrogen-bond acceptors (Lipinski definition) is 9. The fourth-order valence-corrected chi connectivity index (χ4v) is 5.90. The number of carbonyl (C=O) groups excluding carboxylic acids is 4. The summed E-state index contributed by atoms with van der Waals surface area (Å²) >= 11 is 0. The maximum Gasteiger partial charge on any atom is 0.306 e. The fourth-order valence-electron chi connectivity index (χ4n) is 5.90. The van der Waals surface area contributed by atoms with Crippen molar-refractivity contribution in [3.8, 4) is 0 Å². The van der Waals surface area contributed by atoms with Crippen molar-refractivity contribution in [2.45, 2.75) is 89.3 Å². The van der Waals surface area contributed by atoms with Gasteiger partial charge >= 0.3 is 23.9 Å². The summed E-state index contributed by atoms with van der Waals surface area (Å²) in [6.07, 6.45) is 4.36. The van der Waals surface area contributed by atoms with E-state index in [0.717, 1.165) is 47.9 Å². The number of rotatable bonds is 26. The number of esters is 4. The van der Waals surface area contributed by atoms with Gasteiger partial charge < -0.3 is 23.7 Å². The summed E-state index contributed by atoms with van der Waals surface area (Å²) in [6, 6.07) is 39.5. The topological polar surface area (TPSA) is 114 Å². The Morgan fingerprint density at radius 2 is 0.636 bits per heavy atom. The summed E-state index contributed by atoms with van der Waals surface area (Å²) in [4.78, 5) is 51.0. The van der Waals surface area contributed by atoms with Crippen LogP contribution in [0.25, 0.3) is 0 Å². The fraction of sp³-hybridized carbons (Fsp3) is 0.391. The largest absolute Gasteiger partial charge is 0.462 e. The second-order valence-electron chi connectivity index (χ2n) is 13.5. The highest BCUT2D eigenvalue weighted by Gasteiger charge is 2.22. The predicted octanol–water partition coefficient (Wildman–Crippen LogP) is 8.00. The van der Waals surface area contributed by atoms with Gasteiger partial charge in [0, 0.05) is 25.7 Å². The van der Waals surface area contributed by atoms with Crippen molar-refractivity contribution in [2.24, 2.45) is 0 Å². The molecule has 2 atom stereocenters. The van der Waals surface area contributed by atoms with Crippen LogP contribution in [0.3, 0.4) is 0 Å². The van der Waals surface area contributed by atoms with Crippen molar-refractivity contribution < 1.29 is 42.9 Å². The van der Waals surface area contributed by atoms with E-state index >= 15 is 0 Å². The molecule has 0 spiro atoms. The minimum absolute atomic E-state index is 0.116. The van der Waals surface area contributed by atoms with Crippen molar-refractivity contribution in [1.82, 2.24) is 0 Å². The van der Waals surface area contributed by atoms with Crippen LogP contribution in [-0.2, 0) is 68.5 Å². The van der Waals surface area contributed by atoms with Gasteiger partial charge in [-0.2, -0.15) is 0 Å². The quantitative estimate of drug-likeness (QED) is 0.0465. The van der Waals surface area contributed by atoms with Gasteiger partial charge in [-0.05, 0) is 73.6 Å². The van der Waals surface area contributed by atoms with E-state index < -0.39 is 36.1 Å². The maximum absolute atomic E-state index is 12.9. The first-order valence-electron chi connectivity index (χ1n) is 19.4. The van der Waals surface area contributed by atoms with E-state index in [9.17, 15) is 19.2 Å². The van der Waals surface area contributed by atoms with Crippen LogP contribution < -0.4 is 0 Å². The van der Waals surface area contributed by atoms with Gasteiger partial charge in [0.2, 0.25) is 0 Å². The Kier molecular flexibility index (Phi) is 19.8. The van der Waals surface area contributed by atoms with Gasteiger partial charge in [0.25, 0.3) is 0 Å². The molecule has 9 heteroatoms. The molecule has 0 aromatic heterocycles. The van der Waals surface area contributed by atoms with Crippen molar-refractivity contribution in [2.75, 3.05) is 26.4 Å². The number of ether oxygens (including phenoxy) is 5. The summed E-state index contributed by atoms with van der Waals surface area (Å²) in [5.74, 6) is -1.67. The first kappa shape index (κ1) is 42.5. The second kappa shape index (κ2) is 25.7. The smallest absolute Gasteiger partial charge is 0.306 e. The summed E-state index contributed by atoms with van der Waals surface area (Å²) in [5, 5.41) is 0. The van der Waals surface area contributed by atoms with E-state index in [2.05, 4.69) is 0 Å². The van der Waals surface area contributed by atoms with Crippen LogP contribution in [0, 0.1) is 0 Å². The zero-order valence-electron chi connectivity index (χ0n) is 31.7. The molecule has 4 aromatic carbocycles. The Hall–Kier alpha value is -5.28. The number of benzene rings is 4. The molecule has 0 N–H and O–H groups in total. The molecule has 0 amide bonds. The lowest BCUT2D eigenvalue weighted by Gasteiger charge is -2.21. The average molecular weight is 751 g/mol. The van der Waals surface area contributed by atoms with Crippen LogP contribution >= 0.6 is 0 Å². The molecule has 4 aromatic rings. The summed E-state index contributed by atoms with van der Waals surface area (Å²) < 4.78 is 28.4. The van der Waals surface area contributed by atoms with E-state index in [1.807, 2.05) is 121 Å². The Labute approximate surface area is 325 Å². The van der Waals surface area contributed by atoms with Gasteiger partial charge in [-0.1, -0.05) is 121 Å². The van der Waals surface area contributed by atoms with Crippen LogP contribution in [0.4, 0.5) is 0 Å². The molecule has 2 unspecified atom stereocenters. The third-order valence-corrected chi connectivity index (χ3v) is 8.82. The molecule has 0 heterocycles. The Balaban J connectivity index is 1.28. The highest BCUT2D eigenvalue weighted by Crippen LogP contribution is 2.12. The summed E-state index contributed by atoms with van der Waals surface area (Å²) in [6.45, 7) is -0.604. The van der Waals surface area contributed by atoms with Crippen molar-refractivity contribution in [1.29, 1.82) is 0 Å². The average Bonchev–Trinajstić information content (AvgIpc) is 3.20. The van der Waals surface area contributed by atoms with Crippen LogP contribution in [0.15, 0.2) is 121 Å². The first-order chi connectivity index (χ1) is 26.9. The monoisotopic (exact) mass is 750 g/mol. The normalized spacial score (nSPS) is 11.9. The Morgan fingerprint density at radius 1 is 0.364 bits per heavy atom. The first-order valence-corrected chi connectivity index (χ1v) is 19.4. The van der Waals surface area contributed by atoms with E-state index in [4.69, 9.17) is 23.7 Å². The molecule has 0 aliphatic heterocycles. The van der Waals surface area contributed by atoms with E-state index in [1.54, 1.807) is 0 Å². The molecule has 0 bridgehead atoms. The molecule has 0 saturated carbocycles. The van der Waals surface area contributed by atoms with Crippen LogP contribution in [0.1, 0.15) is 73.6 Å². The summed E-state index contributed by atoms with van der Waals surface area (Å²) in [7, 11) is 0. The van der Waals surface area contributed by atoms with Crippen LogP contribution in [-0.4, -0.2) is 62.5 Å². The highest BCUT2D eigenvalue weighted by atomic mass is 16.6. The number of hydrogen-bond donors (Lipinski definition) is 0. The molecule has 9 nitrogen and oxygen atoms in total. The predicted molar refractivity (Wildman–Crippen MR) is 210 cm³/mol. The molecular formula is C46H54O9. The standard InChI is InChI=1S/C46H54O9/c47-43(29-13-25-37-17-5-1-6-18-37)52-35-41(54-45(49)31-15-27-39-21-9-3-10-22-39)33-51-34-42(55-46(50)32-16-28-40-23-11-4-12-24-40)36-53-44(48)30-14-26-38-19-7-2-8-20-38/h1-12,17-24,41-42H,13-16,25-36H2. The molecule has 0 saturated heterocycles. The third kappa shape index (κ3) is 19.0. The van der Waals surface area contributed by atoms with Gasteiger partial charge in [-0.15, -0.1) is 0 Å². The van der Waals surface area contributed by atoms with Gasteiger partial charge in [0.15, 0.2) is 12.2 Å². The third-order valence-electron chi connectivity index (χ3n) is 8.82. The molecular weight excluding hydrogens is 696 g/mol. The number of carbonyl (C=O) groups is 4. The van der Waals surface area contributed by atoms with Crippen LogP contribution in [0.5, 0.6) is 0 Å². The van der Waals surface area contributed by atoms with Gasteiger partial charge in [-0.3, -0.25) is 19.2 Å². The molecule has 0 radical (unpaired) electrons. The van der Waals surface area contributed by atoms with Crippen molar-refractivity contribution in [3.05, 3.63) is 144 Å². The second-order valence-corrected chi connectivity index (χ2v) is 13.5. The lowest BCUT2D eigenvalue weighted by Crippen LogP contribution is -2.34. The Bertz CT molecular complexity index is 1540. The van der Waals surface area contributed by atoms with Gasteiger partial charge in [0.05, 0.1) is 13.2 Å². The van der Waals surface area contributed by atoms with Crippen molar-refractivity contribution >= 4 is 23.9 Å². The minimum atomic E-state index is -0.884. The zero-order chi connectivity index (χ0) is 38.8. The maximum atomic E-state index is 12.9. The SMILES string of the molecule is O=C(CCCc1ccccc1)OCC(COCC(COC(=O)CCCc1ccccc1)OC(=O)CCCc1ccccc1)OC(=O)CCCc1ccccc1. The van der Waals surface area contributed by atoms with Crippen molar-refractivity contribution in [3.63, 3.8) is 0 Å². The van der Waals surface area contributed by atoms with E-state index in [1.165, 1.54) is 0 Å². The highest BCUT2D eigenvalue weighted by molar-refractivity contribution is 5.71. The molecule has 55 heavy (non-hydrogen) atoms. The van der Waals surface area contributed by atoms with E-state index in [0.29, 0.717) is 25.7 Å². The lowest BCUT2D eigenvalue weighted by molar-refractivity contribution is -0.168. The van der Waals surface area contributed by atoms with Gasteiger partial charge in [-0.25, -0.2) is 0 Å². The molecule has 0 aliphatic rings. The van der Waals surface area contributed by atoms with Gasteiger partial charge in [0.1, 0.15) is 13.2 Å². The zero-order valence-corrected chi connectivity index (χ0v) is 31.7. The minimum Gasteiger partial charge on any atom is -0.462 e. The molecule has 0 fully saturated rings. The number of aryl methyl sites for hydroxylation is 4. The summed E-state index contributed by atoms with van der Waals surface area (Å²) in [5.41, 5.74) is 4.51. The van der Waals surface area contributed by atoms with Crippen LogP contribution in [0.2, 0.25) is 0 Å².